The van der Waals surface area contributed by atoms with E-state index in [0.717, 1.165) is 38.5 Å². The lowest BCUT2D eigenvalue weighted by Gasteiger charge is -2.26. The van der Waals surface area contributed by atoms with Crippen molar-refractivity contribution < 1.29 is 20.1 Å². The normalized spacial score (nSPS) is 13.6. The Labute approximate surface area is 319 Å². The van der Waals surface area contributed by atoms with Crippen LogP contribution in [0.2, 0.25) is 0 Å². The predicted octanol–water partition coefficient (Wildman–Crippen LogP) is 13.2. The maximum atomic E-state index is 12.4. The second kappa shape index (κ2) is 41.8. The van der Waals surface area contributed by atoms with E-state index >= 15 is 0 Å². The zero-order valence-corrected chi connectivity index (χ0v) is 34.5. The largest absolute Gasteiger partial charge is 0.394 e. The lowest BCUT2D eigenvalue weighted by Crippen LogP contribution is -2.50. The second-order valence-electron chi connectivity index (χ2n) is 16.0. The molecule has 0 saturated heterocycles. The van der Waals surface area contributed by atoms with E-state index < -0.39 is 18.2 Å². The fourth-order valence-electron chi connectivity index (χ4n) is 7.28. The first-order valence-corrected chi connectivity index (χ1v) is 23.0. The summed E-state index contributed by atoms with van der Waals surface area (Å²) in [6, 6.07) is -0.820. The van der Waals surface area contributed by atoms with Crippen LogP contribution in [0.25, 0.3) is 0 Å². The van der Waals surface area contributed by atoms with Crippen LogP contribution < -0.4 is 5.32 Å². The highest BCUT2D eigenvalue weighted by molar-refractivity contribution is 5.76. The van der Waals surface area contributed by atoms with E-state index in [2.05, 4.69) is 31.3 Å². The summed E-state index contributed by atoms with van der Waals surface area (Å²) in [6.07, 6.45) is 49.1. The first-order chi connectivity index (χ1) is 25.1. The molecule has 0 aromatic carbocycles. The van der Waals surface area contributed by atoms with Gasteiger partial charge in [0.1, 0.15) is 6.10 Å². The highest BCUT2D eigenvalue weighted by Gasteiger charge is 2.26. The maximum Gasteiger partial charge on any atom is 0.220 e. The Morgan fingerprint density at radius 2 is 0.784 bits per heavy atom. The number of rotatable bonds is 42. The molecule has 0 fully saturated rings. The molecular weight excluding hydrogens is 631 g/mol. The van der Waals surface area contributed by atoms with Gasteiger partial charge in [-0.25, -0.2) is 0 Å². The molecule has 0 radical (unpaired) electrons. The molecule has 3 atom stereocenters. The van der Waals surface area contributed by atoms with Crippen LogP contribution >= 0.6 is 0 Å². The van der Waals surface area contributed by atoms with Crippen LogP contribution in [-0.4, -0.2) is 46.1 Å². The average Bonchev–Trinajstić information content (AvgIpc) is 3.13. The van der Waals surface area contributed by atoms with Crippen molar-refractivity contribution in [3.05, 3.63) is 12.2 Å². The maximum absolute atomic E-state index is 12.4. The molecule has 0 aliphatic carbocycles. The van der Waals surface area contributed by atoms with Crippen LogP contribution in [0.3, 0.4) is 0 Å². The van der Waals surface area contributed by atoms with E-state index in [4.69, 9.17) is 0 Å². The third-order valence-electron chi connectivity index (χ3n) is 10.9. The average molecular weight is 722 g/mol. The number of allylic oxidation sites excluding steroid dienone is 2. The van der Waals surface area contributed by atoms with Crippen LogP contribution in [0.5, 0.6) is 0 Å². The molecule has 0 aliphatic heterocycles. The minimum Gasteiger partial charge on any atom is -0.394 e. The Morgan fingerprint density at radius 3 is 1.14 bits per heavy atom. The number of amides is 1. The first kappa shape index (κ1) is 50.1. The number of carbonyl (C=O) groups excluding carboxylic acids is 1. The summed E-state index contributed by atoms with van der Waals surface area (Å²) in [7, 11) is 0. The topological polar surface area (TPSA) is 89.8 Å². The number of carbonyl (C=O) groups is 1. The predicted molar refractivity (Wildman–Crippen MR) is 222 cm³/mol. The van der Waals surface area contributed by atoms with E-state index in [1.807, 2.05) is 0 Å². The van der Waals surface area contributed by atoms with Gasteiger partial charge >= 0.3 is 0 Å². The van der Waals surface area contributed by atoms with Gasteiger partial charge in [0.05, 0.1) is 18.8 Å². The van der Waals surface area contributed by atoms with Gasteiger partial charge in [-0.05, 0) is 38.5 Å². The van der Waals surface area contributed by atoms with Crippen molar-refractivity contribution in [2.75, 3.05) is 6.61 Å². The molecule has 0 bridgehead atoms. The zero-order chi connectivity index (χ0) is 37.3. The van der Waals surface area contributed by atoms with E-state index in [1.54, 1.807) is 0 Å². The number of unbranched alkanes of at least 4 members (excludes halogenated alkanes) is 32. The van der Waals surface area contributed by atoms with Gasteiger partial charge in [0.25, 0.3) is 0 Å². The van der Waals surface area contributed by atoms with Crippen molar-refractivity contribution in [2.45, 2.75) is 270 Å². The number of aliphatic hydroxyl groups excluding tert-OH is 3. The monoisotopic (exact) mass is 722 g/mol. The molecule has 3 unspecified atom stereocenters. The van der Waals surface area contributed by atoms with Crippen molar-refractivity contribution in [3.63, 3.8) is 0 Å². The van der Waals surface area contributed by atoms with Gasteiger partial charge in [-0.15, -0.1) is 0 Å². The first-order valence-electron chi connectivity index (χ1n) is 23.0. The highest BCUT2D eigenvalue weighted by atomic mass is 16.3. The quantitative estimate of drug-likeness (QED) is 0.0373. The van der Waals surface area contributed by atoms with Gasteiger partial charge in [0.15, 0.2) is 0 Å². The van der Waals surface area contributed by atoms with Crippen LogP contribution in [0.15, 0.2) is 12.2 Å². The minimum absolute atomic E-state index is 0.150. The summed E-state index contributed by atoms with van der Waals surface area (Å²) in [5.41, 5.74) is 0. The summed E-state index contributed by atoms with van der Waals surface area (Å²) in [5.74, 6) is -0.150. The molecule has 4 N–H and O–H groups in total. The van der Waals surface area contributed by atoms with Gasteiger partial charge in [0, 0.05) is 6.42 Å². The molecule has 51 heavy (non-hydrogen) atoms. The summed E-state index contributed by atoms with van der Waals surface area (Å²) in [6.45, 7) is 4.17. The molecule has 0 spiro atoms. The van der Waals surface area contributed by atoms with E-state index in [-0.39, 0.29) is 12.5 Å². The molecule has 0 aromatic heterocycles. The van der Waals surface area contributed by atoms with Crippen molar-refractivity contribution in [3.8, 4) is 0 Å². The number of aliphatic hydroxyl groups is 3. The Bertz CT molecular complexity index is 713. The Morgan fingerprint density at radius 1 is 0.471 bits per heavy atom. The van der Waals surface area contributed by atoms with Crippen molar-refractivity contribution in [2.24, 2.45) is 0 Å². The lowest BCUT2D eigenvalue weighted by molar-refractivity contribution is -0.124. The molecule has 5 nitrogen and oxygen atoms in total. The van der Waals surface area contributed by atoms with Crippen LogP contribution in [0, 0.1) is 0 Å². The van der Waals surface area contributed by atoms with Crippen molar-refractivity contribution in [1.29, 1.82) is 0 Å². The summed E-state index contributed by atoms with van der Waals surface area (Å²) >= 11 is 0. The van der Waals surface area contributed by atoms with Crippen LogP contribution in [-0.2, 0) is 4.79 Å². The number of hydrogen-bond acceptors (Lipinski definition) is 4. The molecule has 304 valence electrons. The fourth-order valence-corrected chi connectivity index (χ4v) is 7.28. The summed E-state index contributed by atoms with van der Waals surface area (Å²) < 4.78 is 0. The third kappa shape index (κ3) is 37.2. The van der Waals surface area contributed by atoms with E-state index in [0.29, 0.717) is 12.8 Å². The van der Waals surface area contributed by atoms with Gasteiger partial charge in [-0.1, -0.05) is 219 Å². The molecule has 5 heteroatoms. The highest BCUT2D eigenvalue weighted by Crippen LogP contribution is 2.17. The molecule has 0 aromatic rings. The Kier molecular flexibility index (Phi) is 41.1. The smallest absolute Gasteiger partial charge is 0.220 e. The van der Waals surface area contributed by atoms with Gasteiger partial charge in [-0.3, -0.25) is 4.79 Å². The van der Waals surface area contributed by atoms with Gasteiger partial charge < -0.3 is 20.6 Å². The number of nitrogens with one attached hydrogen (secondary N) is 1. The standard InChI is InChI=1S/C46H91NO4/c1-3-5-7-9-11-13-15-17-18-19-20-21-22-23-24-25-26-27-28-29-31-33-35-37-39-41-45(50)47-43(42-48)46(51)44(49)40-38-36-34-32-30-16-14-12-10-8-6-4-2/h32,34,43-44,46,48-49,51H,3-31,33,35-42H2,1-2H3,(H,47,50)/b34-32+. The fraction of sp³-hybridized carbons (Fsp3) is 0.935. The van der Waals surface area contributed by atoms with E-state index in [9.17, 15) is 20.1 Å². The lowest BCUT2D eigenvalue weighted by atomic mass is 10.0. The van der Waals surface area contributed by atoms with Crippen LogP contribution in [0.4, 0.5) is 0 Å². The molecule has 0 rings (SSSR count). The molecular formula is C46H91NO4. The molecule has 0 saturated carbocycles. The third-order valence-corrected chi connectivity index (χ3v) is 10.9. The Balaban J connectivity index is 3.54. The summed E-state index contributed by atoms with van der Waals surface area (Å²) in [4.78, 5) is 12.4. The van der Waals surface area contributed by atoms with E-state index in [1.165, 1.54) is 186 Å². The number of hydrogen-bond donors (Lipinski definition) is 4. The van der Waals surface area contributed by atoms with Crippen molar-refractivity contribution in [1.82, 2.24) is 5.32 Å². The molecule has 1 amide bonds. The van der Waals surface area contributed by atoms with Crippen LogP contribution in [0.1, 0.15) is 251 Å². The Hall–Kier alpha value is -0.910. The van der Waals surface area contributed by atoms with Gasteiger partial charge in [0.2, 0.25) is 5.91 Å². The second-order valence-corrected chi connectivity index (χ2v) is 16.0. The van der Waals surface area contributed by atoms with Crippen molar-refractivity contribution >= 4 is 5.91 Å². The summed E-state index contributed by atoms with van der Waals surface area (Å²) in [5, 5.41) is 33.4. The molecule has 0 heterocycles. The molecule has 0 aliphatic rings. The minimum atomic E-state index is -1.15. The zero-order valence-electron chi connectivity index (χ0n) is 34.5. The SMILES string of the molecule is CCCCCCCCC/C=C/CCCC(O)C(O)C(CO)NC(=O)CCCCCCCCCCCCCCCCCCCCCCCCCCC. The van der Waals surface area contributed by atoms with Gasteiger partial charge in [-0.2, -0.15) is 0 Å².